The van der Waals surface area contributed by atoms with Gasteiger partial charge in [-0.15, -0.1) is 0 Å². The lowest BCUT2D eigenvalue weighted by atomic mass is 9.84. The van der Waals surface area contributed by atoms with Gasteiger partial charge in [0.1, 0.15) is 0 Å². The first-order valence-corrected chi connectivity index (χ1v) is 10.5. The number of hydrogen-bond donors (Lipinski definition) is 0. The lowest BCUT2D eigenvalue weighted by Gasteiger charge is -2.53. The summed E-state index contributed by atoms with van der Waals surface area (Å²) in [4.78, 5) is 18.1. The molecule has 1 saturated carbocycles. The van der Waals surface area contributed by atoms with Gasteiger partial charge in [0, 0.05) is 36.3 Å². The van der Waals surface area contributed by atoms with E-state index in [4.69, 9.17) is 0 Å². The van der Waals surface area contributed by atoms with Crippen molar-refractivity contribution in [1.82, 2.24) is 9.80 Å². The molecule has 1 aromatic carbocycles. The molecule has 1 heterocycles. The van der Waals surface area contributed by atoms with Gasteiger partial charge in [-0.3, -0.25) is 9.69 Å². The summed E-state index contributed by atoms with van der Waals surface area (Å²) < 4.78 is 0. The van der Waals surface area contributed by atoms with Crippen molar-refractivity contribution in [1.29, 1.82) is 0 Å². The minimum Gasteiger partial charge on any atom is -0.356 e. The number of nitrogens with zero attached hydrogens (tertiary/aromatic N) is 2. The van der Waals surface area contributed by atoms with Crippen molar-refractivity contribution in [2.24, 2.45) is 0 Å². The molecule has 1 aliphatic heterocycles. The predicted octanol–water partition coefficient (Wildman–Crippen LogP) is 4.88. The Balaban J connectivity index is 1.70. The number of allylic oxidation sites excluding steroid dienone is 1. The van der Waals surface area contributed by atoms with E-state index < -0.39 is 0 Å². The van der Waals surface area contributed by atoms with E-state index in [1.807, 2.05) is 0 Å². The minimum atomic E-state index is 0.216. The van der Waals surface area contributed by atoms with Gasteiger partial charge in [0.2, 0.25) is 0 Å². The molecule has 1 aromatic rings. The summed E-state index contributed by atoms with van der Waals surface area (Å²) >= 11 is 0. The maximum Gasteiger partial charge on any atom is 0.162 e. The summed E-state index contributed by atoms with van der Waals surface area (Å²) in [6.07, 6.45) is 9.80. The van der Waals surface area contributed by atoms with Crippen LogP contribution in [0.5, 0.6) is 0 Å². The fourth-order valence-electron chi connectivity index (χ4n) is 5.41. The highest BCUT2D eigenvalue weighted by Gasteiger charge is 2.42. The Bertz CT molecular complexity index is 675. The van der Waals surface area contributed by atoms with E-state index in [0.717, 1.165) is 31.4 Å². The zero-order valence-electron chi connectivity index (χ0n) is 16.3. The van der Waals surface area contributed by atoms with Gasteiger partial charge in [0.15, 0.2) is 5.78 Å². The van der Waals surface area contributed by atoms with E-state index in [1.54, 1.807) is 0 Å². The zero-order valence-corrected chi connectivity index (χ0v) is 16.3. The molecule has 140 valence electrons. The fourth-order valence-corrected chi connectivity index (χ4v) is 5.41. The minimum absolute atomic E-state index is 0.216. The molecule has 0 unspecified atom stereocenters. The average molecular weight is 353 g/mol. The Morgan fingerprint density at radius 3 is 2.42 bits per heavy atom. The molecule has 0 saturated heterocycles. The maximum atomic E-state index is 12.9. The number of carbonyl (C=O) groups is 1. The number of benzene rings is 1. The van der Waals surface area contributed by atoms with Crippen molar-refractivity contribution in [3.05, 3.63) is 47.2 Å². The van der Waals surface area contributed by atoms with Crippen LogP contribution in [0.2, 0.25) is 0 Å². The second-order valence-electron chi connectivity index (χ2n) is 8.30. The SMILES string of the molecule is C[C@H]1C2=C(CCCC2=O)N(C2CCCCC2)[C@H](C)N1Cc1ccccc1. The van der Waals surface area contributed by atoms with Gasteiger partial charge < -0.3 is 4.90 Å². The van der Waals surface area contributed by atoms with Crippen LogP contribution in [0.1, 0.15) is 70.8 Å². The number of hydrogen-bond acceptors (Lipinski definition) is 3. The summed E-state index contributed by atoms with van der Waals surface area (Å²) in [6.45, 7) is 5.52. The standard InChI is InChI=1S/C23H32N2O/c1-17-23-21(14-9-15-22(23)26)25(20-12-7-4-8-13-20)18(2)24(17)16-19-10-5-3-6-11-19/h3,5-6,10-11,17-18,20H,4,7-9,12-16H2,1-2H3/t17-,18+/m0/s1. The Kier molecular flexibility index (Phi) is 5.17. The van der Waals surface area contributed by atoms with Crippen LogP contribution in [0.3, 0.4) is 0 Å². The Morgan fingerprint density at radius 1 is 0.962 bits per heavy atom. The summed E-state index contributed by atoms with van der Waals surface area (Å²) in [6, 6.07) is 11.5. The maximum absolute atomic E-state index is 12.9. The lowest BCUT2D eigenvalue weighted by molar-refractivity contribution is -0.118. The van der Waals surface area contributed by atoms with E-state index in [1.165, 1.54) is 43.4 Å². The van der Waals surface area contributed by atoms with Crippen LogP contribution in [-0.4, -0.2) is 33.8 Å². The predicted molar refractivity (Wildman–Crippen MR) is 106 cm³/mol. The average Bonchev–Trinajstić information content (AvgIpc) is 2.67. The van der Waals surface area contributed by atoms with Crippen molar-refractivity contribution in [2.45, 2.75) is 90.0 Å². The summed E-state index contributed by atoms with van der Waals surface area (Å²) in [7, 11) is 0. The lowest BCUT2D eigenvalue weighted by Crippen LogP contribution is -2.59. The molecular formula is C23H32N2O. The first-order chi connectivity index (χ1) is 12.7. The van der Waals surface area contributed by atoms with Crippen LogP contribution in [0.25, 0.3) is 0 Å². The van der Waals surface area contributed by atoms with Crippen LogP contribution in [-0.2, 0) is 11.3 Å². The Labute approximate surface area is 158 Å². The van der Waals surface area contributed by atoms with Gasteiger partial charge in [-0.1, -0.05) is 49.6 Å². The Hall–Kier alpha value is -1.61. The molecule has 26 heavy (non-hydrogen) atoms. The molecule has 3 nitrogen and oxygen atoms in total. The molecule has 0 radical (unpaired) electrons. The Morgan fingerprint density at radius 2 is 1.69 bits per heavy atom. The molecule has 0 spiro atoms. The quantitative estimate of drug-likeness (QED) is 0.775. The normalized spacial score (nSPS) is 28.4. The summed E-state index contributed by atoms with van der Waals surface area (Å²) in [5.41, 5.74) is 3.84. The van der Waals surface area contributed by atoms with E-state index in [-0.39, 0.29) is 6.04 Å². The molecule has 3 aliphatic rings. The number of ketones is 1. The van der Waals surface area contributed by atoms with Gasteiger partial charge in [-0.05, 0) is 45.1 Å². The zero-order chi connectivity index (χ0) is 18.1. The highest BCUT2D eigenvalue weighted by Crippen LogP contribution is 2.40. The van der Waals surface area contributed by atoms with Crippen LogP contribution in [0.4, 0.5) is 0 Å². The van der Waals surface area contributed by atoms with Crippen molar-refractivity contribution < 1.29 is 4.79 Å². The second-order valence-corrected chi connectivity index (χ2v) is 8.30. The molecule has 0 aromatic heterocycles. The number of Topliss-reactive ketones (excluding diaryl/α,β-unsaturated/α-hetero) is 1. The topological polar surface area (TPSA) is 23.6 Å². The first kappa shape index (κ1) is 17.8. The molecule has 0 bridgehead atoms. The van der Waals surface area contributed by atoms with Gasteiger partial charge >= 0.3 is 0 Å². The van der Waals surface area contributed by atoms with Crippen molar-refractivity contribution in [3.63, 3.8) is 0 Å². The molecule has 2 aliphatic carbocycles. The second kappa shape index (κ2) is 7.56. The highest BCUT2D eigenvalue weighted by molar-refractivity contribution is 5.98. The van der Waals surface area contributed by atoms with E-state index in [2.05, 4.69) is 54.0 Å². The largest absolute Gasteiger partial charge is 0.356 e. The van der Waals surface area contributed by atoms with E-state index >= 15 is 0 Å². The monoisotopic (exact) mass is 352 g/mol. The van der Waals surface area contributed by atoms with Crippen molar-refractivity contribution in [2.75, 3.05) is 0 Å². The third-order valence-electron chi connectivity index (χ3n) is 6.71. The molecular weight excluding hydrogens is 320 g/mol. The molecule has 0 amide bonds. The highest BCUT2D eigenvalue weighted by atomic mass is 16.1. The van der Waals surface area contributed by atoms with Crippen LogP contribution in [0, 0.1) is 0 Å². The summed E-state index contributed by atoms with van der Waals surface area (Å²) in [5.74, 6) is 0.393. The van der Waals surface area contributed by atoms with Crippen molar-refractivity contribution >= 4 is 5.78 Å². The van der Waals surface area contributed by atoms with Gasteiger partial charge in [0.05, 0.1) is 6.17 Å². The van der Waals surface area contributed by atoms with Gasteiger partial charge in [-0.2, -0.15) is 0 Å². The van der Waals surface area contributed by atoms with Gasteiger partial charge in [-0.25, -0.2) is 0 Å². The molecule has 1 fully saturated rings. The van der Waals surface area contributed by atoms with Crippen LogP contribution < -0.4 is 0 Å². The smallest absolute Gasteiger partial charge is 0.162 e. The molecule has 3 heteroatoms. The van der Waals surface area contributed by atoms with Gasteiger partial charge in [0.25, 0.3) is 0 Å². The number of rotatable bonds is 3. The summed E-state index contributed by atoms with van der Waals surface area (Å²) in [5, 5.41) is 0. The molecule has 0 N–H and O–H groups in total. The van der Waals surface area contributed by atoms with Crippen LogP contribution >= 0.6 is 0 Å². The fraction of sp³-hybridized carbons (Fsp3) is 0.609. The van der Waals surface area contributed by atoms with Crippen LogP contribution in [0.15, 0.2) is 41.6 Å². The third kappa shape index (κ3) is 3.22. The van der Waals surface area contributed by atoms with E-state index in [9.17, 15) is 4.79 Å². The number of carbonyl (C=O) groups excluding carboxylic acids is 1. The van der Waals surface area contributed by atoms with E-state index in [0.29, 0.717) is 18.0 Å². The first-order valence-electron chi connectivity index (χ1n) is 10.5. The molecule has 4 rings (SSSR count). The van der Waals surface area contributed by atoms with Crippen molar-refractivity contribution in [3.8, 4) is 0 Å². The third-order valence-corrected chi connectivity index (χ3v) is 6.71. The molecule has 2 atom stereocenters.